The van der Waals surface area contributed by atoms with Gasteiger partial charge in [-0.05, 0) is 31.2 Å². The van der Waals surface area contributed by atoms with Crippen molar-refractivity contribution in [1.82, 2.24) is 0 Å². The van der Waals surface area contributed by atoms with Gasteiger partial charge in [-0.15, -0.1) is 0 Å². The lowest BCUT2D eigenvalue weighted by molar-refractivity contribution is -0.123. The monoisotopic (exact) mass is 441 g/mol. The van der Waals surface area contributed by atoms with Crippen LogP contribution in [-0.4, -0.2) is 37.8 Å². The van der Waals surface area contributed by atoms with E-state index in [4.69, 9.17) is 25.8 Å². The fourth-order valence-corrected chi connectivity index (χ4v) is 2.90. The molecule has 160 valence electrons. The maximum absolute atomic E-state index is 12.5. The molecule has 10 heteroatoms. The van der Waals surface area contributed by atoms with Crippen LogP contribution in [-0.2, 0) is 9.53 Å². The molecule has 3 rings (SSSR count). The van der Waals surface area contributed by atoms with E-state index in [1.807, 2.05) is 0 Å². The van der Waals surface area contributed by atoms with E-state index in [9.17, 15) is 18.4 Å². The lowest BCUT2D eigenvalue weighted by Gasteiger charge is -2.16. The number of esters is 1. The van der Waals surface area contributed by atoms with Crippen LogP contribution in [0.2, 0.25) is 5.02 Å². The highest BCUT2D eigenvalue weighted by atomic mass is 35.5. The van der Waals surface area contributed by atoms with Crippen molar-refractivity contribution >= 4 is 29.2 Å². The van der Waals surface area contributed by atoms with E-state index in [1.54, 1.807) is 0 Å². The van der Waals surface area contributed by atoms with Crippen LogP contribution in [0.15, 0.2) is 36.4 Å². The van der Waals surface area contributed by atoms with Crippen molar-refractivity contribution in [1.29, 1.82) is 0 Å². The van der Waals surface area contributed by atoms with Gasteiger partial charge in [0.25, 0.3) is 5.91 Å². The molecule has 0 radical (unpaired) electrons. The van der Waals surface area contributed by atoms with Gasteiger partial charge < -0.3 is 24.3 Å². The third-order valence-corrected chi connectivity index (χ3v) is 4.33. The standard InChI is InChI=1S/C20H18ClF2NO6/c1-11(18(25)24-14-5-2-3-6-15(14)30-20(22)23)29-19(26)12-9-13(21)17-16(10-12)27-7-4-8-28-17/h2-3,5-6,9-11,20H,4,7-8H2,1H3,(H,24,25). The fraction of sp³-hybridized carbons (Fsp3) is 0.300. The molecule has 0 aromatic heterocycles. The summed E-state index contributed by atoms with van der Waals surface area (Å²) in [6, 6.07) is 8.44. The predicted octanol–water partition coefficient (Wildman–Crippen LogP) is 4.29. The average molecular weight is 442 g/mol. The zero-order valence-electron chi connectivity index (χ0n) is 15.8. The Labute approximate surface area is 175 Å². The minimum absolute atomic E-state index is 0.0179. The zero-order valence-corrected chi connectivity index (χ0v) is 16.6. The normalized spacial score (nSPS) is 13.9. The van der Waals surface area contributed by atoms with Crippen LogP contribution in [0.1, 0.15) is 23.7 Å². The number of hydrogen-bond acceptors (Lipinski definition) is 6. The minimum Gasteiger partial charge on any atom is -0.489 e. The second kappa shape index (κ2) is 9.62. The topological polar surface area (TPSA) is 83.1 Å². The number of rotatable bonds is 6. The van der Waals surface area contributed by atoms with Crippen molar-refractivity contribution in [2.45, 2.75) is 26.1 Å². The van der Waals surface area contributed by atoms with Crippen LogP contribution in [0.3, 0.4) is 0 Å². The molecule has 1 unspecified atom stereocenters. The molecule has 7 nitrogen and oxygen atoms in total. The van der Waals surface area contributed by atoms with Gasteiger partial charge in [0.2, 0.25) is 0 Å². The summed E-state index contributed by atoms with van der Waals surface area (Å²) in [6.07, 6.45) is -0.564. The molecule has 1 heterocycles. The number of para-hydroxylation sites is 2. The number of carbonyl (C=O) groups excluding carboxylic acids is 2. The van der Waals surface area contributed by atoms with Gasteiger partial charge in [-0.3, -0.25) is 4.79 Å². The summed E-state index contributed by atoms with van der Waals surface area (Å²) in [5.41, 5.74) is 0.0923. The number of carbonyl (C=O) groups is 2. The Kier molecular flexibility index (Phi) is 6.94. The largest absolute Gasteiger partial charge is 0.489 e. The van der Waals surface area contributed by atoms with Gasteiger partial charge in [0.1, 0.15) is 5.75 Å². The molecule has 30 heavy (non-hydrogen) atoms. The van der Waals surface area contributed by atoms with Crippen LogP contribution in [0, 0.1) is 0 Å². The highest BCUT2D eigenvalue weighted by Crippen LogP contribution is 2.38. The maximum Gasteiger partial charge on any atom is 0.387 e. The van der Waals surface area contributed by atoms with Crippen LogP contribution in [0.5, 0.6) is 17.2 Å². The Bertz CT molecular complexity index is 940. The average Bonchev–Trinajstić information content (AvgIpc) is 2.95. The molecule has 2 aromatic rings. The van der Waals surface area contributed by atoms with E-state index in [1.165, 1.54) is 43.3 Å². The van der Waals surface area contributed by atoms with E-state index in [2.05, 4.69) is 10.1 Å². The first-order chi connectivity index (χ1) is 14.3. The Morgan fingerprint density at radius 1 is 1.17 bits per heavy atom. The molecule has 0 aliphatic carbocycles. The van der Waals surface area contributed by atoms with Gasteiger partial charge in [-0.25, -0.2) is 4.79 Å². The molecular formula is C20H18ClF2NO6. The summed E-state index contributed by atoms with van der Waals surface area (Å²) in [4.78, 5) is 24.8. The van der Waals surface area contributed by atoms with Crippen molar-refractivity contribution in [3.05, 3.63) is 47.0 Å². The molecule has 0 spiro atoms. The van der Waals surface area contributed by atoms with E-state index in [-0.39, 0.29) is 22.0 Å². The number of ether oxygens (including phenoxy) is 4. The van der Waals surface area contributed by atoms with Crippen LogP contribution >= 0.6 is 11.6 Å². The lowest BCUT2D eigenvalue weighted by Crippen LogP contribution is -2.30. The van der Waals surface area contributed by atoms with Gasteiger partial charge in [0.05, 0.1) is 29.5 Å². The predicted molar refractivity (Wildman–Crippen MR) is 104 cm³/mol. The zero-order chi connectivity index (χ0) is 21.7. The molecule has 1 amide bonds. The van der Waals surface area contributed by atoms with Gasteiger partial charge in [-0.2, -0.15) is 8.78 Å². The first-order valence-electron chi connectivity index (χ1n) is 9.00. The number of fused-ring (bicyclic) bond motifs is 1. The quantitative estimate of drug-likeness (QED) is 0.673. The number of hydrogen-bond donors (Lipinski definition) is 1. The van der Waals surface area contributed by atoms with Crippen molar-refractivity contribution < 1.29 is 37.3 Å². The third-order valence-electron chi connectivity index (χ3n) is 4.05. The number of amides is 1. The number of nitrogens with one attached hydrogen (secondary N) is 1. The first kappa shape index (κ1) is 21.6. The molecule has 0 saturated carbocycles. The molecule has 1 N–H and O–H groups in total. The van der Waals surface area contributed by atoms with Gasteiger partial charge >= 0.3 is 12.6 Å². The van der Waals surface area contributed by atoms with E-state index in [0.717, 1.165) is 0 Å². The van der Waals surface area contributed by atoms with Crippen LogP contribution in [0.4, 0.5) is 14.5 Å². The molecule has 1 aliphatic heterocycles. The maximum atomic E-state index is 12.5. The molecule has 0 bridgehead atoms. The van der Waals surface area contributed by atoms with Gasteiger partial charge in [0.15, 0.2) is 17.6 Å². The first-order valence-corrected chi connectivity index (χ1v) is 9.37. The van der Waals surface area contributed by atoms with Gasteiger partial charge in [-0.1, -0.05) is 23.7 Å². The Morgan fingerprint density at radius 3 is 2.67 bits per heavy atom. The molecule has 0 fully saturated rings. The number of anilines is 1. The summed E-state index contributed by atoms with van der Waals surface area (Å²) in [6.45, 7) is -0.873. The third kappa shape index (κ3) is 5.29. The lowest BCUT2D eigenvalue weighted by atomic mass is 10.2. The Balaban J connectivity index is 1.68. The van der Waals surface area contributed by atoms with Crippen LogP contribution in [0.25, 0.3) is 0 Å². The molecule has 1 atom stereocenters. The second-order valence-corrected chi connectivity index (χ2v) is 6.65. The number of alkyl halides is 2. The summed E-state index contributed by atoms with van der Waals surface area (Å²) in [5.74, 6) is -1.11. The SMILES string of the molecule is CC(OC(=O)c1cc(Cl)c2c(c1)OCCCO2)C(=O)Nc1ccccc1OC(F)F. The molecule has 1 aliphatic rings. The van der Waals surface area contributed by atoms with Crippen molar-refractivity contribution in [3.8, 4) is 17.2 Å². The highest BCUT2D eigenvalue weighted by molar-refractivity contribution is 6.32. The van der Waals surface area contributed by atoms with Crippen LogP contribution < -0.4 is 19.5 Å². The van der Waals surface area contributed by atoms with Crippen molar-refractivity contribution in [3.63, 3.8) is 0 Å². The molecule has 0 saturated heterocycles. The summed E-state index contributed by atoms with van der Waals surface area (Å²) in [7, 11) is 0. The number of halogens is 3. The van der Waals surface area contributed by atoms with Gasteiger partial charge in [0, 0.05) is 6.42 Å². The van der Waals surface area contributed by atoms with Crippen molar-refractivity contribution in [2.24, 2.45) is 0 Å². The Morgan fingerprint density at radius 2 is 1.90 bits per heavy atom. The second-order valence-electron chi connectivity index (χ2n) is 6.25. The van der Waals surface area contributed by atoms with E-state index < -0.39 is 24.6 Å². The van der Waals surface area contributed by atoms with E-state index in [0.29, 0.717) is 31.1 Å². The smallest absolute Gasteiger partial charge is 0.387 e. The minimum atomic E-state index is -3.05. The summed E-state index contributed by atoms with van der Waals surface area (Å²) < 4.78 is 45.6. The number of benzene rings is 2. The fourth-order valence-electron chi connectivity index (χ4n) is 2.63. The van der Waals surface area contributed by atoms with Crippen molar-refractivity contribution in [2.75, 3.05) is 18.5 Å². The van der Waals surface area contributed by atoms with E-state index >= 15 is 0 Å². The molecular weight excluding hydrogens is 424 g/mol. The Hall–Kier alpha value is -3.07. The summed E-state index contributed by atoms with van der Waals surface area (Å²) >= 11 is 6.16. The summed E-state index contributed by atoms with van der Waals surface area (Å²) in [5, 5.41) is 2.57. The molecule has 2 aromatic carbocycles. The highest BCUT2D eigenvalue weighted by Gasteiger charge is 2.23.